The molecule has 2 aromatic carbocycles. The van der Waals surface area contributed by atoms with Gasteiger partial charge in [0.05, 0.1) is 38.3 Å². The lowest BCUT2D eigenvalue weighted by Gasteiger charge is -2.26. The van der Waals surface area contributed by atoms with E-state index in [2.05, 4.69) is 0 Å². The molecule has 1 unspecified atom stereocenters. The predicted octanol–water partition coefficient (Wildman–Crippen LogP) is 2.34. The minimum Gasteiger partial charge on any atom is -0.493 e. The molecule has 0 spiro atoms. The Morgan fingerprint density at radius 3 is 2.47 bits per heavy atom. The molecule has 3 aromatic rings. The van der Waals surface area contributed by atoms with Crippen molar-refractivity contribution in [2.24, 2.45) is 0 Å². The van der Waals surface area contributed by atoms with Gasteiger partial charge in [-0.05, 0) is 55.7 Å². The maximum absolute atomic E-state index is 13.7. The maximum atomic E-state index is 13.7. The van der Waals surface area contributed by atoms with Gasteiger partial charge in [0.2, 0.25) is 0 Å². The van der Waals surface area contributed by atoms with Gasteiger partial charge in [-0.1, -0.05) is 6.07 Å². The lowest BCUT2D eigenvalue weighted by Crippen LogP contribution is -2.42. The molecule has 1 atom stereocenters. The van der Waals surface area contributed by atoms with Crippen molar-refractivity contribution in [3.63, 3.8) is 0 Å². The summed E-state index contributed by atoms with van der Waals surface area (Å²) in [5.74, 6) is 1.55. The molecule has 0 amide bonds. The number of aliphatic hydroxyl groups excluding tert-OH is 1. The van der Waals surface area contributed by atoms with Gasteiger partial charge < -0.3 is 24.1 Å². The first-order chi connectivity index (χ1) is 16.5. The summed E-state index contributed by atoms with van der Waals surface area (Å²) >= 11 is 0. The van der Waals surface area contributed by atoms with Crippen LogP contribution < -0.4 is 25.5 Å². The molecule has 0 bridgehead atoms. The number of aromatic nitrogens is 2. The average molecular weight is 471 g/mol. The molecule has 4 rings (SSSR count). The molecule has 9 heteroatoms. The molecular weight excluding hydrogens is 440 g/mol. The van der Waals surface area contributed by atoms with Crippen molar-refractivity contribution in [3.8, 4) is 17.2 Å². The van der Waals surface area contributed by atoms with E-state index in [-0.39, 0.29) is 24.9 Å². The second-order valence-electron chi connectivity index (χ2n) is 8.37. The molecule has 2 heterocycles. The van der Waals surface area contributed by atoms with E-state index in [0.717, 1.165) is 5.56 Å². The summed E-state index contributed by atoms with van der Waals surface area (Å²) in [7, 11) is 3.09. The van der Waals surface area contributed by atoms with E-state index < -0.39 is 11.7 Å². The molecule has 1 aromatic heterocycles. The van der Waals surface area contributed by atoms with Gasteiger partial charge in [-0.3, -0.25) is 13.9 Å². The van der Waals surface area contributed by atoms with Crippen LogP contribution in [0.4, 0.5) is 0 Å². The van der Waals surface area contributed by atoms with Crippen molar-refractivity contribution in [3.05, 3.63) is 62.8 Å². The predicted molar refractivity (Wildman–Crippen MR) is 127 cm³/mol. The third-order valence-electron chi connectivity index (χ3n) is 6.08. The molecule has 1 N–H and O–H groups in total. The number of aliphatic hydroxyl groups is 1. The van der Waals surface area contributed by atoms with E-state index in [9.17, 15) is 14.7 Å². The fraction of sp³-hybridized carbons (Fsp3) is 0.440. The fourth-order valence-electron chi connectivity index (χ4n) is 4.30. The van der Waals surface area contributed by atoms with Gasteiger partial charge in [0.25, 0.3) is 5.56 Å². The lowest BCUT2D eigenvalue weighted by molar-refractivity contribution is 0.0691. The molecule has 1 saturated heterocycles. The van der Waals surface area contributed by atoms with Gasteiger partial charge in [0, 0.05) is 19.3 Å². The molecule has 1 fully saturated rings. The summed E-state index contributed by atoms with van der Waals surface area (Å²) in [5, 5.41) is 9.72. The Labute approximate surface area is 197 Å². The van der Waals surface area contributed by atoms with Crippen LogP contribution in [-0.4, -0.2) is 54.4 Å². The molecule has 0 radical (unpaired) electrons. The Kier molecular flexibility index (Phi) is 7.23. The second-order valence-corrected chi connectivity index (χ2v) is 8.37. The number of hydrogen-bond acceptors (Lipinski definition) is 7. The third-order valence-corrected chi connectivity index (χ3v) is 6.08. The van der Waals surface area contributed by atoms with Crippen molar-refractivity contribution in [1.29, 1.82) is 0 Å². The first-order valence-corrected chi connectivity index (χ1v) is 11.3. The van der Waals surface area contributed by atoms with Crippen LogP contribution in [0.1, 0.15) is 31.4 Å². The minimum atomic E-state index is -0.423. The summed E-state index contributed by atoms with van der Waals surface area (Å²) in [6.45, 7) is 2.78. The van der Waals surface area contributed by atoms with Crippen LogP contribution in [0.2, 0.25) is 0 Å². The summed E-state index contributed by atoms with van der Waals surface area (Å²) in [5.41, 5.74) is 0.530. The number of nitrogens with zero attached hydrogens (tertiary/aromatic N) is 2. The number of methoxy groups -OCH3 is 2. The van der Waals surface area contributed by atoms with Crippen molar-refractivity contribution in [2.45, 2.75) is 38.5 Å². The van der Waals surface area contributed by atoms with Crippen molar-refractivity contribution < 1.29 is 24.1 Å². The van der Waals surface area contributed by atoms with Gasteiger partial charge >= 0.3 is 5.69 Å². The highest BCUT2D eigenvalue weighted by Gasteiger charge is 2.23. The zero-order valence-electron chi connectivity index (χ0n) is 19.7. The number of rotatable bonds is 8. The zero-order chi connectivity index (χ0) is 24.2. The second kappa shape index (κ2) is 10.3. The maximum Gasteiger partial charge on any atom is 0.332 e. The molecule has 1 aliphatic heterocycles. The Balaban J connectivity index is 1.88. The molecule has 9 nitrogen and oxygen atoms in total. The Morgan fingerprint density at radius 2 is 1.79 bits per heavy atom. The SMILES string of the molecule is COc1ccc(Cn2c(=O)c3cc(OC(C)CO)ccc3n(C3CCOCC3)c2=O)cc1OC. The van der Waals surface area contributed by atoms with Gasteiger partial charge in [-0.25, -0.2) is 4.79 Å². The number of fused-ring (bicyclic) bond motifs is 1. The molecule has 182 valence electrons. The van der Waals surface area contributed by atoms with Gasteiger partial charge in [0.1, 0.15) is 11.9 Å². The van der Waals surface area contributed by atoms with E-state index in [1.165, 1.54) is 11.7 Å². The lowest BCUT2D eigenvalue weighted by atomic mass is 10.1. The molecule has 0 saturated carbocycles. The van der Waals surface area contributed by atoms with Crippen LogP contribution in [0.25, 0.3) is 10.9 Å². The Bertz CT molecular complexity index is 1270. The quantitative estimate of drug-likeness (QED) is 0.539. The first kappa shape index (κ1) is 23.8. The van der Waals surface area contributed by atoms with Gasteiger partial charge in [0.15, 0.2) is 11.5 Å². The van der Waals surface area contributed by atoms with Crippen molar-refractivity contribution in [2.75, 3.05) is 34.0 Å². The standard InChI is InChI=1S/C25H30N2O7/c1-16(15-28)34-19-5-6-21-20(13-19)24(29)26(25(30)27(21)18-8-10-33-11-9-18)14-17-4-7-22(31-2)23(12-17)32-3/h4-7,12-13,16,18,28H,8-11,14-15H2,1-3H3. The fourth-order valence-corrected chi connectivity index (χ4v) is 4.30. The number of hydrogen-bond donors (Lipinski definition) is 1. The van der Waals surface area contributed by atoms with Crippen molar-refractivity contribution in [1.82, 2.24) is 9.13 Å². The summed E-state index contributed by atoms with van der Waals surface area (Å²) in [4.78, 5) is 27.2. The average Bonchev–Trinajstić information content (AvgIpc) is 2.87. The van der Waals surface area contributed by atoms with E-state index in [0.29, 0.717) is 54.2 Å². The van der Waals surface area contributed by atoms with Crippen LogP contribution in [0.5, 0.6) is 17.2 Å². The zero-order valence-corrected chi connectivity index (χ0v) is 19.7. The van der Waals surface area contributed by atoms with Crippen LogP contribution in [0.3, 0.4) is 0 Å². The summed E-state index contributed by atoms with van der Waals surface area (Å²) in [6, 6.07) is 10.3. The van der Waals surface area contributed by atoms with Gasteiger partial charge in [-0.2, -0.15) is 0 Å². The van der Waals surface area contributed by atoms with Crippen molar-refractivity contribution >= 4 is 10.9 Å². The van der Waals surface area contributed by atoms with Crippen LogP contribution >= 0.6 is 0 Å². The monoisotopic (exact) mass is 470 g/mol. The number of ether oxygens (including phenoxy) is 4. The smallest absolute Gasteiger partial charge is 0.332 e. The Hall–Kier alpha value is -3.30. The molecule has 34 heavy (non-hydrogen) atoms. The first-order valence-electron chi connectivity index (χ1n) is 11.3. The summed E-state index contributed by atoms with van der Waals surface area (Å²) < 4.78 is 24.8. The van der Waals surface area contributed by atoms with E-state index >= 15 is 0 Å². The largest absolute Gasteiger partial charge is 0.493 e. The van der Waals surface area contributed by atoms with Crippen LogP contribution in [0, 0.1) is 0 Å². The third kappa shape index (κ3) is 4.67. The highest BCUT2D eigenvalue weighted by atomic mass is 16.5. The van der Waals surface area contributed by atoms with Crippen LogP contribution in [0.15, 0.2) is 46.0 Å². The van der Waals surface area contributed by atoms with Crippen LogP contribution in [-0.2, 0) is 11.3 Å². The normalized spacial score (nSPS) is 15.3. The highest BCUT2D eigenvalue weighted by molar-refractivity contribution is 5.80. The highest BCUT2D eigenvalue weighted by Crippen LogP contribution is 2.28. The Morgan fingerprint density at radius 1 is 1.06 bits per heavy atom. The van der Waals surface area contributed by atoms with E-state index in [4.69, 9.17) is 18.9 Å². The minimum absolute atomic E-state index is 0.0787. The van der Waals surface area contributed by atoms with E-state index in [1.807, 2.05) is 0 Å². The summed E-state index contributed by atoms with van der Waals surface area (Å²) in [6.07, 6.45) is 0.944. The molecular formula is C25H30N2O7. The molecule has 0 aliphatic carbocycles. The number of benzene rings is 2. The molecule has 1 aliphatic rings. The topological polar surface area (TPSA) is 101 Å². The van der Waals surface area contributed by atoms with Gasteiger partial charge in [-0.15, -0.1) is 0 Å². The van der Waals surface area contributed by atoms with E-state index in [1.54, 1.807) is 55.0 Å².